The van der Waals surface area contributed by atoms with Crippen LogP contribution in [0.15, 0.2) is 47.7 Å². The lowest BCUT2D eigenvalue weighted by Gasteiger charge is -2.03. The molecule has 0 aliphatic heterocycles. The highest BCUT2D eigenvalue weighted by Crippen LogP contribution is 2.12. The normalized spacial score (nSPS) is 10.5. The van der Waals surface area contributed by atoms with Gasteiger partial charge >= 0.3 is 0 Å². The molecular formula is C14H10N4O. The van der Waals surface area contributed by atoms with Gasteiger partial charge in [-0.15, -0.1) is 6.42 Å². The molecule has 5 heteroatoms. The van der Waals surface area contributed by atoms with Crippen LogP contribution in [0.3, 0.4) is 0 Å². The summed E-state index contributed by atoms with van der Waals surface area (Å²) in [5, 5.41) is 4.68. The minimum atomic E-state index is -0.176. The molecule has 3 rings (SSSR count). The van der Waals surface area contributed by atoms with E-state index < -0.39 is 0 Å². The molecule has 0 aliphatic rings. The molecule has 0 spiro atoms. The average molecular weight is 250 g/mol. The van der Waals surface area contributed by atoms with Crippen molar-refractivity contribution in [1.29, 1.82) is 0 Å². The third-order valence-corrected chi connectivity index (χ3v) is 2.82. The molecule has 0 N–H and O–H groups in total. The topological polar surface area (TPSA) is 52.7 Å². The molecular weight excluding hydrogens is 240 g/mol. The number of rotatable bonds is 2. The highest BCUT2D eigenvalue weighted by molar-refractivity contribution is 5.74. The minimum Gasteiger partial charge on any atom is -0.287 e. The first kappa shape index (κ1) is 11.2. The molecule has 0 saturated carbocycles. The molecule has 0 radical (unpaired) electrons. The van der Waals surface area contributed by atoms with Crippen molar-refractivity contribution in [3.8, 4) is 18.0 Å². The molecule has 0 atom stereocenters. The Labute approximate surface area is 109 Å². The zero-order valence-electron chi connectivity index (χ0n) is 10.0. The summed E-state index contributed by atoms with van der Waals surface area (Å²) in [4.78, 5) is 16.4. The highest BCUT2D eigenvalue weighted by Gasteiger charge is 2.10. The summed E-state index contributed by atoms with van der Waals surface area (Å²) >= 11 is 0. The van der Waals surface area contributed by atoms with Crippen LogP contribution in [0.1, 0.15) is 0 Å². The predicted molar refractivity (Wildman–Crippen MR) is 72.0 cm³/mol. The second kappa shape index (κ2) is 4.42. The van der Waals surface area contributed by atoms with Gasteiger partial charge in [0.1, 0.15) is 11.7 Å². The van der Waals surface area contributed by atoms with Crippen molar-refractivity contribution in [2.24, 2.45) is 0 Å². The van der Waals surface area contributed by atoms with Crippen LogP contribution in [0.25, 0.3) is 16.7 Å². The van der Waals surface area contributed by atoms with Gasteiger partial charge in [0.25, 0.3) is 5.56 Å². The van der Waals surface area contributed by atoms with Gasteiger partial charge in [0.05, 0.1) is 18.4 Å². The summed E-state index contributed by atoms with van der Waals surface area (Å²) in [5.41, 5.74) is 1.22. The Morgan fingerprint density at radius 2 is 2.05 bits per heavy atom. The zero-order chi connectivity index (χ0) is 13.2. The van der Waals surface area contributed by atoms with E-state index in [4.69, 9.17) is 6.42 Å². The molecule has 5 nitrogen and oxygen atoms in total. The Morgan fingerprint density at radius 3 is 2.79 bits per heavy atom. The molecule has 19 heavy (non-hydrogen) atoms. The number of para-hydroxylation sites is 1. The van der Waals surface area contributed by atoms with Crippen molar-refractivity contribution in [3.05, 3.63) is 53.2 Å². The molecule has 1 aromatic carbocycles. The maximum Gasteiger partial charge on any atom is 0.265 e. The summed E-state index contributed by atoms with van der Waals surface area (Å²) in [5.74, 6) is 2.42. The van der Waals surface area contributed by atoms with Gasteiger partial charge in [-0.05, 0) is 12.1 Å². The smallest absolute Gasteiger partial charge is 0.265 e. The maximum absolute atomic E-state index is 12.1. The molecule has 0 saturated heterocycles. The lowest BCUT2D eigenvalue weighted by molar-refractivity contribution is 0.778. The summed E-state index contributed by atoms with van der Waals surface area (Å²) < 4.78 is 3.02. The summed E-state index contributed by atoms with van der Waals surface area (Å²) in [6, 6.07) is 9.54. The summed E-state index contributed by atoms with van der Waals surface area (Å²) in [6.45, 7) is 0.207. The van der Waals surface area contributed by atoms with Crippen LogP contribution >= 0.6 is 0 Å². The largest absolute Gasteiger partial charge is 0.287 e. The Balaban J connectivity index is 2.24. The molecule has 0 unspecified atom stereocenters. The van der Waals surface area contributed by atoms with Gasteiger partial charge in [0.15, 0.2) is 5.65 Å². The Kier molecular flexibility index (Phi) is 2.62. The Hall–Kier alpha value is -2.87. The quantitative estimate of drug-likeness (QED) is 0.642. The van der Waals surface area contributed by atoms with Crippen LogP contribution in [0.4, 0.5) is 0 Å². The third kappa shape index (κ3) is 1.79. The highest BCUT2D eigenvalue weighted by atomic mass is 16.1. The van der Waals surface area contributed by atoms with Gasteiger partial charge < -0.3 is 0 Å². The van der Waals surface area contributed by atoms with E-state index in [0.29, 0.717) is 11.0 Å². The first-order valence-electron chi connectivity index (χ1n) is 5.73. The van der Waals surface area contributed by atoms with E-state index in [1.54, 1.807) is 4.68 Å². The molecule has 92 valence electrons. The fraction of sp³-hybridized carbons (Fsp3) is 0.0714. The van der Waals surface area contributed by atoms with Crippen LogP contribution in [0.2, 0.25) is 0 Å². The average Bonchev–Trinajstić information content (AvgIpc) is 2.88. The third-order valence-electron chi connectivity index (χ3n) is 2.82. The Morgan fingerprint density at radius 1 is 1.26 bits per heavy atom. The van der Waals surface area contributed by atoms with E-state index >= 15 is 0 Å². The van der Waals surface area contributed by atoms with Crippen LogP contribution < -0.4 is 5.56 Å². The Bertz CT molecular complexity index is 824. The minimum absolute atomic E-state index is 0.176. The van der Waals surface area contributed by atoms with Gasteiger partial charge in [0, 0.05) is 0 Å². The molecule has 0 fully saturated rings. The number of hydrogen-bond donors (Lipinski definition) is 0. The molecule has 2 aromatic heterocycles. The van der Waals surface area contributed by atoms with E-state index in [-0.39, 0.29) is 12.1 Å². The van der Waals surface area contributed by atoms with Crippen LogP contribution in [0, 0.1) is 12.3 Å². The van der Waals surface area contributed by atoms with Crippen molar-refractivity contribution >= 4 is 11.0 Å². The van der Waals surface area contributed by atoms with Crippen molar-refractivity contribution in [2.75, 3.05) is 0 Å². The molecule has 2 heterocycles. The van der Waals surface area contributed by atoms with Gasteiger partial charge in [-0.3, -0.25) is 9.36 Å². The fourth-order valence-corrected chi connectivity index (χ4v) is 1.92. The number of nitrogens with zero attached hydrogens (tertiary/aromatic N) is 4. The van der Waals surface area contributed by atoms with Crippen molar-refractivity contribution < 1.29 is 0 Å². The van der Waals surface area contributed by atoms with Gasteiger partial charge in [-0.2, -0.15) is 5.10 Å². The first-order valence-corrected chi connectivity index (χ1v) is 5.73. The van der Waals surface area contributed by atoms with E-state index in [1.807, 2.05) is 30.3 Å². The second-order valence-electron chi connectivity index (χ2n) is 4.01. The van der Waals surface area contributed by atoms with Gasteiger partial charge in [0.2, 0.25) is 0 Å². The van der Waals surface area contributed by atoms with E-state index in [2.05, 4.69) is 16.0 Å². The number of terminal acetylenes is 1. The van der Waals surface area contributed by atoms with Crippen LogP contribution in [0.5, 0.6) is 0 Å². The second-order valence-corrected chi connectivity index (χ2v) is 4.01. The molecule has 0 bridgehead atoms. The SMILES string of the molecule is C#CCn1cnc2c(cnn2-c2ccccc2)c1=O. The maximum atomic E-state index is 12.1. The number of aromatic nitrogens is 4. The molecule has 3 aromatic rings. The van der Waals surface area contributed by atoms with Crippen molar-refractivity contribution in [2.45, 2.75) is 6.54 Å². The number of fused-ring (bicyclic) bond motifs is 1. The van der Waals surface area contributed by atoms with Crippen LogP contribution in [-0.2, 0) is 6.54 Å². The van der Waals surface area contributed by atoms with E-state index in [0.717, 1.165) is 5.69 Å². The molecule has 0 amide bonds. The van der Waals surface area contributed by atoms with E-state index in [9.17, 15) is 4.79 Å². The first-order chi connectivity index (χ1) is 9.31. The van der Waals surface area contributed by atoms with Crippen molar-refractivity contribution in [3.63, 3.8) is 0 Å². The van der Waals surface area contributed by atoms with Gasteiger partial charge in [-0.25, -0.2) is 9.67 Å². The number of hydrogen-bond acceptors (Lipinski definition) is 3. The predicted octanol–water partition coefficient (Wildman–Crippen LogP) is 1.22. The lowest BCUT2D eigenvalue weighted by atomic mass is 10.3. The lowest BCUT2D eigenvalue weighted by Crippen LogP contribution is -2.19. The molecule has 0 aliphatic carbocycles. The number of benzene rings is 1. The van der Waals surface area contributed by atoms with Crippen molar-refractivity contribution in [1.82, 2.24) is 19.3 Å². The van der Waals surface area contributed by atoms with E-state index in [1.165, 1.54) is 17.1 Å². The van der Waals surface area contributed by atoms with Gasteiger partial charge in [-0.1, -0.05) is 24.1 Å². The monoisotopic (exact) mass is 250 g/mol. The fourth-order valence-electron chi connectivity index (χ4n) is 1.92. The summed E-state index contributed by atoms with van der Waals surface area (Å²) in [6.07, 6.45) is 8.18. The van der Waals surface area contributed by atoms with Crippen LogP contribution in [-0.4, -0.2) is 19.3 Å². The zero-order valence-corrected chi connectivity index (χ0v) is 10.0. The summed E-state index contributed by atoms with van der Waals surface area (Å²) in [7, 11) is 0. The standard InChI is InChI=1S/C14H10N4O/c1-2-8-17-10-15-13-12(14(17)19)9-16-18(13)11-6-4-3-5-7-11/h1,3-7,9-10H,8H2.